The zero-order valence-corrected chi connectivity index (χ0v) is 14.7. The zero-order valence-electron chi connectivity index (χ0n) is 14.7. The topological polar surface area (TPSA) is 76.8 Å². The average Bonchev–Trinajstić information content (AvgIpc) is 2.66. The lowest BCUT2D eigenvalue weighted by molar-refractivity contribution is -0.184. The van der Waals surface area contributed by atoms with Crippen molar-refractivity contribution in [1.29, 1.82) is 5.41 Å². The summed E-state index contributed by atoms with van der Waals surface area (Å²) in [7, 11) is 0. The second-order valence-electron chi connectivity index (χ2n) is 7.30. The summed E-state index contributed by atoms with van der Waals surface area (Å²) in [6, 6.07) is 15.1. The number of phenols is 1. The predicted molar refractivity (Wildman–Crippen MR) is 99.6 cm³/mol. The summed E-state index contributed by atoms with van der Waals surface area (Å²) in [5, 5.41) is 28.2. The van der Waals surface area contributed by atoms with Crippen LogP contribution in [-0.4, -0.2) is 47.3 Å². The van der Waals surface area contributed by atoms with Crippen molar-refractivity contribution < 1.29 is 14.9 Å². The van der Waals surface area contributed by atoms with E-state index in [4.69, 9.17) is 10.1 Å². The smallest absolute Gasteiger partial charge is 0.136 e. The number of benzene rings is 2. The molecule has 0 atom stereocenters. The molecule has 136 valence electrons. The van der Waals surface area contributed by atoms with Gasteiger partial charge in [0.2, 0.25) is 0 Å². The highest BCUT2D eigenvalue weighted by atomic mass is 16.5. The maximum atomic E-state index is 10.3. The summed E-state index contributed by atoms with van der Waals surface area (Å²) in [6.07, 6.45) is 2.00. The van der Waals surface area contributed by atoms with Gasteiger partial charge < -0.3 is 19.8 Å². The standard InChI is InChI=1S/C21H24N2O3/c22-20(17-1-5-18(6-2-17)21(25)13-26-14-21)23-11-9-16(10-12-23)15-3-7-19(24)8-4-15/h1-8,16,22,24-25H,9-14H2. The van der Waals surface area contributed by atoms with E-state index >= 15 is 0 Å². The number of aliphatic hydroxyl groups is 1. The lowest BCUT2D eigenvalue weighted by Gasteiger charge is -2.37. The molecule has 0 aromatic heterocycles. The minimum atomic E-state index is -0.858. The van der Waals surface area contributed by atoms with E-state index in [1.165, 1.54) is 5.56 Å². The van der Waals surface area contributed by atoms with Crippen LogP contribution in [0.5, 0.6) is 5.75 Å². The number of phenolic OH excluding ortho intramolecular Hbond substituents is 1. The number of rotatable bonds is 3. The third kappa shape index (κ3) is 3.20. The first-order valence-corrected chi connectivity index (χ1v) is 9.09. The first-order valence-electron chi connectivity index (χ1n) is 9.09. The number of hydrogen-bond donors (Lipinski definition) is 3. The van der Waals surface area contributed by atoms with E-state index in [0.717, 1.165) is 37.1 Å². The fourth-order valence-corrected chi connectivity index (χ4v) is 3.77. The number of aromatic hydroxyl groups is 1. The van der Waals surface area contributed by atoms with Gasteiger partial charge >= 0.3 is 0 Å². The largest absolute Gasteiger partial charge is 0.508 e. The minimum Gasteiger partial charge on any atom is -0.508 e. The Hall–Kier alpha value is -2.37. The highest BCUT2D eigenvalue weighted by Gasteiger charge is 2.37. The van der Waals surface area contributed by atoms with Gasteiger partial charge in [0, 0.05) is 18.7 Å². The Labute approximate surface area is 153 Å². The van der Waals surface area contributed by atoms with E-state index in [9.17, 15) is 10.2 Å². The zero-order chi connectivity index (χ0) is 18.1. The summed E-state index contributed by atoms with van der Waals surface area (Å²) < 4.78 is 5.10. The molecule has 0 aliphatic carbocycles. The molecule has 4 rings (SSSR count). The molecule has 2 aromatic carbocycles. The molecule has 0 saturated carbocycles. The van der Waals surface area contributed by atoms with Crippen molar-refractivity contribution in [3.05, 3.63) is 65.2 Å². The van der Waals surface area contributed by atoms with E-state index in [1.54, 1.807) is 12.1 Å². The molecule has 2 aromatic rings. The Bertz CT molecular complexity index is 774. The summed E-state index contributed by atoms with van der Waals surface area (Å²) in [5.74, 6) is 1.32. The van der Waals surface area contributed by atoms with Gasteiger partial charge in [-0.05, 0) is 42.0 Å². The Balaban J connectivity index is 1.38. The highest BCUT2D eigenvalue weighted by Crippen LogP contribution is 2.31. The monoisotopic (exact) mass is 352 g/mol. The summed E-state index contributed by atoms with van der Waals surface area (Å²) in [4.78, 5) is 2.12. The van der Waals surface area contributed by atoms with Gasteiger partial charge in [0.05, 0.1) is 13.2 Å². The summed E-state index contributed by atoms with van der Waals surface area (Å²) >= 11 is 0. The third-order valence-electron chi connectivity index (χ3n) is 5.55. The van der Waals surface area contributed by atoms with Gasteiger partial charge in [-0.1, -0.05) is 36.4 Å². The average molecular weight is 352 g/mol. The van der Waals surface area contributed by atoms with Gasteiger partial charge in [0.1, 0.15) is 17.2 Å². The van der Waals surface area contributed by atoms with Crippen LogP contribution in [0, 0.1) is 5.41 Å². The molecule has 2 heterocycles. The minimum absolute atomic E-state index is 0.300. The Morgan fingerprint density at radius 2 is 1.62 bits per heavy atom. The van der Waals surface area contributed by atoms with E-state index in [0.29, 0.717) is 30.7 Å². The molecule has 2 aliphatic heterocycles. The third-order valence-corrected chi connectivity index (χ3v) is 5.55. The molecule has 2 saturated heterocycles. The molecule has 2 fully saturated rings. The fourth-order valence-electron chi connectivity index (χ4n) is 3.77. The molecule has 5 heteroatoms. The van der Waals surface area contributed by atoms with Gasteiger partial charge in [-0.25, -0.2) is 0 Å². The lowest BCUT2D eigenvalue weighted by atomic mass is 9.89. The second-order valence-corrected chi connectivity index (χ2v) is 7.30. The van der Waals surface area contributed by atoms with Gasteiger partial charge in [-0.15, -0.1) is 0 Å². The van der Waals surface area contributed by atoms with Crippen LogP contribution in [-0.2, 0) is 10.3 Å². The molecule has 3 N–H and O–H groups in total. The molecular weight excluding hydrogens is 328 g/mol. The van der Waals surface area contributed by atoms with Gasteiger partial charge in [0.15, 0.2) is 0 Å². The number of piperidine rings is 1. The van der Waals surface area contributed by atoms with E-state index in [2.05, 4.69) is 4.90 Å². The molecule has 0 amide bonds. The van der Waals surface area contributed by atoms with Crippen LogP contribution >= 0.6 is 0 Å². The van der Waals surface area contributed by atoms with Gasteiger partial charge in [-0.2, -0.15) is 0 Å². The van der Waals surface area contributed by atoms with Gasteiger partial charge in [0.25, 0.3) is 0 Å². The normalized spacial score (nSPS) is 19.8. The van der Waals surface area contributed by atoms with Crippen molar-refractivity contribution in [3.63, 3.8) is 0 Å². The molecule has 5 nitrogen and oxygen atoms in total. The highest BCUT2D eigenvalue weighted by molar-refractivity contribution is 5.96. The number of hydrogen-bond acceptors (Lipinski definition) is 4. The van der Waals surface area contributed by atoms with Crippen molar-refractivity contribution in [2.45, 2.75) is 24.4 Å². The predicted octanol–water partition coefficient (Wildman–Crippen LogP) is 2.81. The SMILES string of the molecule is N=C(c1ccc(C2(O)COC2)cc1)N1CCC(c2ccc(O)cc2)CC1. The van der Waals surface area contributed by atoms with Crippen LogP contribution < -0.4 is 0 Å². The van der Waals surface area contributed by atoms with Crippen LogP contribution in [0.1, 0.15) is 35.4 Å². The first-order chi connectivity index (χ1) is 12.5. The number of ether oxygens (including phenoxy) is 1. The number of nitrogens with one attached hydrogen (secondary N) is 1. The molecule has 0 spiro atoms. The maximum absolute atomic E-state index is 10.3. The summed E-state index contributed by atoms with van der Waals surface area (Å²) in [6.45, 7) is 2.39. The molecule has 0 bridgehead atoms. The van der Waals surface area contributed by atoms with Crippen LogP contribution in [0.2, 0.25) is 0 Å². The van der Waals surface area contributed by atoms with E-state index in [1.807, 2.05) is 36.4 Å². The molecular formula is C21H24N2O3. The Morgan fingerprint density at radius 1 is 1.00 bits per heavy atom. The van der Waals surface area contributed by atoms with Crippen LogP contribution in [0.15, 0.2) is 48.5 Å². The number of nitrogens with zero attached hydrogens (tertiary/aromatic N) is 1. The molecule has 0 unspecified atom stereocenters. The van der Waals surface area contributed by atoms with Crippen LogP contribution in [0.3, 0.4) is 0 Å². The van der Waals surface area contributed by atoms with Crippen LogP contribution in [0.4, 0.5) is 0 Å². The van der Waals surface area contributed by atoms with Gasteiger partial charge in [-0.3, -0.25) is 5.41 Å². The van der Waals surface area contributed by atoms with Crippen molar-refractivity contribution in [2.24, 2.45) is 0 Å². The molecule has 0 radical (unpaired) electrons. The van der Waals surface area contributed by atoms with Crippen molar-refractivity contribution in [3.8, 4) is 5.75 Å². The quantitative estimate of drug-likeness (QED) is 0.586. The fraction of sp³-hybridized carbons (Fsp3) is 0.381. The Morgan fingerprint density at radius 3 is 2.15 bits per heavy atom. The van der Waals surface area contributed by atoms with Crippen LogP contribution in [0.25, 0.3) is 0 Å². The number of likely N-dealkylation sites (tertiary alicyclic amines) is 1. The van der Waals surface area contributed by atoms with E-state index in [-0.39, 0.29) is 0 Å². The Kier molecular flexibility index (Phi) is 4.42. The first kappa shape index (κ1) is 17.1. The van der Waals surface area contributed by atoms with E-state index < -0.39 is 5.60 Å². The lowest BCUT2D eigenvalue weighted by Crippen LogP contribution is -2.46. The number of amidine groups is 1. The maximum Gasteiger partial charge on any atom is 0.136 e. The second kappa shape index (κ2) is 6.74. The summed E-state index contributed by atoms with van der Waals surface area (Å²) in [5.41, 5.74) is 2.13. The van der Waals surface area contributed by atoms with Crippen molar-refractivity contribution in [2.75, 3.05) is 26.3 Å². The molecule has 2 aliphatic rings. The van der Waals surface area contributed by atoms with Crippen molar-refractivity contribution >= 4 is 5.84 Å². The van der Waals surface area contributed by atoms with Crippen molar-refractivity contribution in [1.82, 2.24) is 4.90 Å². The molecule has 26 heavy (non-hydrogen) atoms.